The molecule has 2 unspecified atom stereocenters. The van der Waals surface area contributed by atoms with Crippen molar-refractivity contribution in [2.75, 3.05) is 7.05 Å². The topological polar surface area (TPSA) is 40.6 Å². The van der Waals surface area contributed by atoms with Crippen LogP contribution in [-0.2, 0) is 9.59 Å². The molecule has 2 saturated heterocycles. The molecule has 2 aliphatic rings. The van der Waals surface area contributed by atoms with E-state index in [0.717, 1.165) is 25.7 Å². The number of piperidine rings is 1. The van der Waals surface area contributed by atoms with E-state index in [0.29, 0.717) is 0 Å². The highest BCUT2D eigenvalue weighted by atomic mass is 16.2. The fourth-order valence-electron chi connectivity index (χ4n) is 3.58. The van der Waals surface area contributed by atoms with Gasteiger partial charge in [-0.05, 0) is 39.5 Å². The van der Waals surface area contributed by atoms with Crippen LogP contribution < -0.4 is 0 Å². The molecule has 0 radical (unpaired) electrons. The quantitative estimate of drug-likeness (QED) is 0.796. The Labute approximate surface area is 122 Å². The second-order valence-corrected chi connectivity index (χ2v) is 7.00. The Bertz CT molecular complexity index is 378. The minimum Gasteiger partial charge on any atom is -0.343 e. The van der Waals surface area contributed by atoms with Crippen molar-refractivity contribution in [1.82, 2.24) is 9.80 Å². The van der Waals surface area contributed by atoms with Crippen LogP contribution in [-0.4, -0.2) is 46.8 Å². The maximum Gasteiger partial charge on any atom is 0.225 e. The first kappa shape index (κ1) is 15.3. The molecule has 4 heteroatoms. The van der Waals surface area contributed by atoms with Crippen molar-refractivity contribution < 1.29 is 9.59 Å². The molecule has 2 amide bonds. The molecule has 0 spiro atoms. The van der Waals surface area contributed by atoms with Crippen LogP contribution in [0.15, 0.2) is 0 Å². The summed E-state index contributed by atoms with van der Waals surface area (Å²) in [6.45, 7) is 8.02. The van der Waals surface area contributed by atoms with Gasteiger partial charge in [-0.2, -0.15) is 0 Å². The van der Waals surface area contributed by atoms with Crippen LogP contribution in [0.2, 0.25) is 0 Å². The lowest BCUT2D eigenvalue weighted by Crippen LogP contribution is -2.51. The zero-order valence-electron chi connectivity index (χ0n) is 13.4. The van der Waals surface area contributed by atoms with Gasteiger partial charge >= 0.3 is 0 Å². The Balaban J connectivity index is 2.06. The van der Waals surface area contributed by atoms with Gasteiger partial charge in [0, 0.05) is 37.0 Å². The normalized spacial score (nSPS) is 29.1. The number of hydrogen-bond donors (Lipinski definition) is 0. The summed E-state index contributed by atoms with van der Waals surface area (Å²) in [7, 11) is 1.89. The van der Waals surface area contributed by atoms with Gasteiger partial charge in [-0.3, -0.25) is 9.59 Å². The summed E-state index contributed by atoms with van der Waals surface area (Å²) in [4.78, 5) is 28.7. The van der Waals surface area contributed by atoms with Gasteiger partial charge < -0.3 is 9.80 Å². The summed E-state index contributed by atoms with van der Waals surface area (Å²) in [6, 6.07) is 0.826. The first-order valence-electron chi connectivity index (χ1n) is 7.91. The maximum absolute atomic E-state index is 12.5. The molecule has 0 N–H and O–H groups in total. The highest BCUT2D eigenvalue weighted by Crippen LogP contribution is 2.40. The van der Waals surface area contributed by atoms with E-state index in [-0.39, 0.29) is 41.8 Å². The smallest absolute Gasteiger partial charge is 0.225 e. The van der Waals surface area contributed by atoms with Crippen LogP contribution in [0.4, 0.5) is 0 Å². The Morgan fingerprint density at radius 3 is 1.95 bits per heavy atom. The van der Waals surface area contributed by atoms with Crippen molar-refractivity contribution in [3.63, 3.8) is 0 Å². The number of hydrogen-bond acceptors (Lipinski definition) is 2. The fourth-order valence-corrected chi connectivity index (χ4v) is 3.58. The van der Waals surface area contributed by atoms with Crippen LogP contribution in [0.3, 0.4) is 0 Å². The second-order valence-electron chi connectivity index (χ2n) is 7.00. The number of nitrogens with zero attached hydrogens (tertiary/aromatic N) is 2. The van der Waals surface area contributed by atoms with Gasteiger partial charge in [0.15, 0.2) is 0 Å². The molecule has 2 aliphatic heterocycles. The molecule has 0 aromatic carbocycles. The summed E-state index contributed by atoms with van der Waals surface area (Å²) in [5, 5.41) is 0. The maximum atomic E-state index is 12.5. The van der Waals surface area contributed by atoms with Crippen molar-refractivity contribution in [2.24, 2.45) is 11.8 Å². The van der Waals surface area contributed by atoms with Gasteiger partial charge in [0.1, 0.15) is 0 Å². The fraction of sp³-hybridized carbons (Fsp3) is 0.875. The minimum absolute atomic E-state index is 0.0590. The molecule has 0 saturated carbocycles. The average Bonchev–Trinajstić information content (AvgIpc) is 2.65. The highest BCUT2D eigenvalue weighted by molar-refractivity contribution is 5.82. The van der Waals surface area contributed by atoms with E-state index in [1.165, 1.54) is 0 Å². The van der Waals surface area contributed by atoms with E-state index in [1.54, 1.807) is 0 Å². The standard InChI is InChI=1S/C16H28N2O2/c1-10(2)15(19)18-13-6-7-14(18)9-12(8-13)16(20)17(5)11(3)4/h10-14H,6-9H2,1-5H3. The van der Waals surface area contributed by atoms with Crippen molar-refractivity contribution >= 4 is 11.8 Å². The molecule has 20 heavy (non-hydrogen) atoms. The number of rotatable bonds is 3. The van der Waals surface area contributed by atoms with Crippen LogP contribution in [0.25, 0.3) is 0 Å². The Hall–Kier alpha value is -1.06. The lowest BCUT2D eigenvalue weighted by molar-refractivity contribution is -0.145. The summed E-state index contributed by atoms with van der Waals surface area (Å²) in [5.74, 6) is 0.689. The van der Waals surface area contributed by atoms with Gasteiger partial charge in [0.25, 0.3) is 0 Å². The number of fused-ring (bicyclic) bond motifs is 2. The largest absolute Gasteiger partial charge is 0.343 e. The van der Waals surface area contributed by atoms with E-state index in [1.807, 2.05) is 39.6 Å². The third kappa shape index (κ3) is 2.70. The number of carbonyl (C=O) groups excluding carboxylic acids is 2. The summed E-state index contributed by atoms with van der Waals surface area (Å²) >= 11 is 0. The lowest BCUT2D eigenvalue weighted by Gasteiger charge is -2.40. The number of amides is 2. The predicted octanol–water partition coefficient (Wildman–Crippen LogP) is 2.28. The molecular formula is C16H28N2O2. The van der Waals surface area contributed by atoms with Crippen LogP contribution >= 0.6 is 0 Å². The molecule has 2 rings (SSSR count). The molecule has 0 aliphatic carbocycles. The summed E-state index contributed by atoms with van der Waals surface area (Å²) < 4.78 is 0. The van der Waals surface area contributed by atoms with Gasteiger partial charge in [-0.1, -0.05) is 13.8 Å². The molecule has 114 valence electrons. The van der Waals surface area contributed by atoms with E-state index in [2.05, 4.69) is 4.90 Å². The van der Waals surface area contributed by atoms with Crippen molar-refractivity contribution in [2.45, 2.75) is 71.5 Å². The third-order valence-corrected chi connectivity index (χ3v) is 4.95. The van der Waals surface area contributed by atoms with Crippen molar-refractivity contribution in [3.05, 3.63) is 0 Å². The monoisotopic (exact) mass is 280 g/mol. The van der Waals surface area contributed by atoms with Crippen LogP contribution in [0.1, 0.15) is 53.4 Å². The summed E-state index contributed by atoms with van der Waals surface area (Å²) in [5.41, 5.74) is 0. The van der Waals surface area contributed by atoms with Crippen LogP contribution in [0.5, 0.6) is 0 Å². The molecule has 0 aromatic rings. The predicted molar refractivity (Wildman–Crippen MR) is 79.1 cm³/mol. The molecule has 2 heterocycles. The highest BCUT2D eigenvalue weighted by Gasteiger charge is 2.45. The number of carbonyl (C=O) groups is 2. The average molecular weight is 280 g/mol. The Kier molecular flexibility index (Phi) is 4.40. The molecule has 0 aromatic heterocycles. The summed E-state index contributed by atoms with van der Waals surface area (Å²) in [6.07, 6.45) is 3.84. The SMILES string of the molecule is CC(C)C(=O)N1C2CCC1CC(C(=O)N(C)C(C)C)C2. The van der Waals surface area contributed by atoms with E-state index >= 15 is 0 Å². The molecular weight excluding hydrogens is 252 g/mol. The van der Waals surface area contributed by atoms with Crippen molar-refractivity contribution in [1.29, 1.82) is 0 Å². The molecule has 2 fully saturated rings. The van der Waals surface area contributed by atoms with Gasteiger partial charge in [0.2, 0.25) is 11.8 Å². The zero-order valence-corrected chi connectivity index (χ0v) is 13.4. The first-order chi connectivity index (χ1) is 9.32. The first-order valence-corrected chi connectivity index (χ1v) is 7.91. The van der Waals surface area contributed by atoms with Gasteiger partial charge in [0.05, 0.1) is 0 Å². The zero-order chi connectivity index (χ0) is 15.0. The minimum atomic E-state index is 0.0590. The molecule has 2 atom stereocenters. The Morgan fingerprint density at radius 2 is 1.55 bits per heavy atom. The van der Waals surface area contributed by atoms with Crippen LogP contribution in [0, 0.1) is 11.8 Å². The van der Waals surface area contributed by atoms with E-state index in [9.17, 15) is 9.59 Å². The molecule has 2 bridgehead atoms. The van der Waals surface area contributed by atoms with Crippen molar-refractivity contribution in [3.8, 4) is 0 Å². The van der Waals surface area contributed by atoms with E-state index in [4.69, 9.17) is 0 Å². The Morgan fingerprint density at radius 1 is 1.05 bits per heavy atom. The van der Waals surface area contributed by atoms with Gasteiger partial charge in [-0.15, -0.1) is 0 Å². The van der Waals surface area contributed by atoms with E-state index < -0.39 is 0 Å². The molecule has 4 nitrogen and oxygen atoms in total. The van der Waals surface area contributed by atoms with Gasteiger partial charge in [-0.25, -0.2) is 0 Å². The third-order valence-electron chi connectivity index (χ3n) is 4.95. The second kappa shape index (κ2) is 5.74. The lowest BCUT2D eigenvalue weighted by atomic mass is 9.88.